The fourth-order valence-corrected chi connectivity index (χ4v) is 5.46. The largest absolute Gasteiger partial charge is 0.494 e. The number of anilines is 2. The molecule has 5 rings (SSSR count). The van der Waals surface area contributed by atoms with E-state index in [0.717, 1.165) is 27.1 Å². The lowest BCUT2D eigenvalue weighted by atomic mass is 9.95. The molecule has 2 N–H and O–H groups in total. The molecule has 0 radical (unpaired) electrons. The van der Waals surface area contributed by atoms with Crippen molar-refractivity contribution in [1.29, 1.82) is 0 Å². The Morgan fingerprint density at radius 3 is 2.54 bits per heavy atom. The van der Waals surface area contributed by atoms with Crippen LogP contribution in [0.4, 0.5) is 11.4 Å². The molecule has 1 amide bonds. The van der Waals surface area contributed by atoms with Gasteiger partial charge < -0.3 is 24.7 Å². The smallest absolute Gasteiger partial charge is 0.229 e. The highest BCUT2D eigenvalue weighted by atomic mass is 32.2. The number of hydrogen-bond donors (Lipinski definition) is 2. The summed E-state index contributed by atoms with van der Waals surface area (Å²) in [4.78, 5) is 20.4. The summed E-state index contributed by atoms with van der Waals surface area (Å²) in [6, 6.07) is 25.0. The Balaban J connectivity index is 1.52. The minimum absolute atomic E-state index is 0.0981. The van der Waals surface area contributed by atoms with Crippen LogP contribution in [0.15, 0.2) is 99.5 Å². The molecule has 1 aliphatic rings. The zero-order valence-corrected chi connectivity index (χ0v) is 23.8. The quantitative estimate of drug-likeness (QED) is 0.235. The topological polar surface area (TPSA) is 79.6 Å². The van der Waals surface area contributed by atoms with E-state index in [0.29, 0.717) is 16.5 Å². The van der Waals surface area contributed by atoms with Gasteiger partial charge in [-0.3, -0.25) is 9.78 Å². The van der Waals surface area contributed by atoms with Gasteiger partial charge in [0, 0.05) is 28.3 Å². The highest BCUT2D eigenvalue weighted by Crippen LogP contribution is 2.44. The van der Waals surface area contributed by atoms with Crippen molar-refractivity contribution < 1.29 is 13.9 Å². The first-order valence-corrected chi connectivity index (χ1v) is 13.8. The third-order valence-corrected chi connectivity index (χ3v) is 7.59. The molecule has 0 spiro atoms. The van der Waals surface area contributed by atoms with Crippen LogP contribution in [0.5, 0.6) is 5.75 Å². The zero-order chi connectivity index (χ0) is 27.6. The van der Waals surface area contributed by atoms with E-state index in [2.05, 4.69) is 15.6 Å². The van der Waals surface area contributed by atoms with Gasteiger partial charge in [0.1, 0.15) is 17.6 Å². The van der Waals surface area contributed by atoms with Crippen molar-refractivity contribution in [2.24, 2.45) is 5.41 Å². The van der Waals surface area contributed by atoms with Gasteiger partial charge in [-0.25, -0.2) is 0 Å². The number of benzene rings is 2. The zero-order valence-electron chi connectivity index (χ0n) is 22.2. The second-order valence-corrected chi connectivity index (χ2v) is 11.6. The van der Waals surface area contributed by atoms with Gasteiger partial charge >= 0.3 is 0 Å². The van der Waals surface area contributed by atoms with Crippen molar-refractivity contribution in [3.63, 3.8) is 0 Å². The molecule has 1 saturated heterocycles. The van der Waals surface area contributed by atoms with E-state index >= 15 is 0 Å². The van der Waals surface area contributed by atoms with Crippen LogP contribution in [0.25, 0.3) is 0 Å². The lowest BCUT2D eigenvalue weighted by Gasteiger charge is -2.27. The summed E-state index contributed by atoms with van der Waals surface area (Å²) in [5.74, 6) is 1.19. The Kier molecular flexibility index (Phi) is 7.63. The van der Waals surface area contributed by atoms with Gasteiger partial charge in [0.15, 0.2) is 10.2 Å². The standard InChI is InChI=1S/C30H30N4O3S2/c1-30(2,3)28(35)32-21-14-13-19(18-24(21)36-4)34-27(26(33-29(34)38)22-12-8-9-17-31-22)23-15-16-25(37-23)39-20-10-6-5-7-11-20/h5-18,26-27H,1-4H3,(H,32,35)(H,33,38)/t26-,27-/m1/s1. The Hall–Kier alpha value is -3.82. The molecule has 2 aromatic carbocycles. The van der Waals surface area contributed by atoms with E-state index in [1.54, 1.807) is 25.1 Å². The summed E-state index contributed by atoms with van der Waals surface area (Å²) in [6.45, 7) is 5.61. The molecule has 1 aliphatic heterocycles. The summed E-state index contributed by atoms with van der Waals surface area (Å²) in [5.41, 5.74) is 1.70. The number of methoxy groups -OCH3 is 1. The summed E-state index contributed by atoms with van der Waals surface area (Å²) >= 11 is 7.41. The number of carbonyl (C=O) groups is 1. The second kappa shape index (κ2) is 11.1. The normalized spacial score (nSPS) is 17.1. The monoisotopic (exact) mass is 558 g/mol. The number of thiocarbonyl (C=S) groups is 1. The number of nitrogens with zero attached hydrogens (tertiary/aromatic N) is 2. The fraction of sp³-hybridized carbons (Fsp3) is 0.233. The lowest BCUT2D eigenvalue weighted by molar-refractivity contribution is -0.123. The highest BCUT2D eigenvalue weighted by Gasteiger charge is 2.43. The van der Waals surface area contributed by atoms with Gasteiger partial charge in [-0.2, -0.15) is 0 Å². The van der Waals surface area contributed by atoms with Gasteiger partial charge in [-0.1, -0.05) is 56.8 Å². The lowest BCUT2D eigenvalue weighted by Crippen LogP contribution is -2.30. The first-order chi connectivity index (χ1) is 18.7. The van der Waals surface area contributed by atoms with Gasteiger partial charge in [0.25, 0.3) is 0 Å². The van der Waals surface area contributed by atoms with Crippen LogP contribution in [0.3, 0.4) is 0 Å². The molecule has 1 fully saturated rings. The maximum Gasteiger partial charge on any atom is 0.229 e. The SMILES string of the molecule is COc1cc(N2C(=S)N[C@H](c3ccccn3)[C@H]2c2ccc(Sc3ccccc3)o2)ccc1NC(=O)C(C)(C)C. The second-order valence-electron chi connectivity index (χ2n) is 10.2. The number of rotatable bonds is 7. The number of ether oxygens (including phenoxy) is 1. The van der Waals surface area contributed by atoms with Crippen LogP contribution in [0.2, 0.25) is 0 Å². The maximum absolute atomic E-state index is 12.6. The van der Waals surface area contributed by atoms with Crippen molar-refractivity contribution in [2.45, 2.75) is 42.8 Å². The van der Waals surface area contributed by atoms with E-state index in [9.17, 15) is 4.79 Å². The average molecular weight is 559 g/mol. The molecule has 200 valence electrons. The van der Waals surface area contributed by atoms with Crippen molar-refractivity contribution in [2.75, 3.05) is 17.3 Å². The van der Waals surface area contributed by atoms with E-state index in [-0.39, 0.29) is 18.0 Å². The highest BCUT2D eigenvalue weighted by molar-refractivity contribution is 7.99. The van der Waals surface area contributed by atoms with Gasteiger partial charge in [-0.05, 0) is 60.7 Å². The Morgan fingerprint density at radius 1 is 1.08 bits per heavy atom. The van der Waals surface area contributed by atoms with Crippen LogP contribution in [-0.2, 0) is 4.79 Å². The molecule has 0 unspecified atom stereocenters. The molecule has 3 heterocycles. The van der Waals surface area contributed by atoms with Crippen molar-refractivity contribution in [1.82, 2.24) is 10.3 Å². The minimum atomic E-state index is -0.542. The molecule has 9 heteroatoms. The summed E-state index contributed by atoms with van der Waals surface area (Å²) in [6.07, 6.45) is 1.77. The summed E-state index contributed by atoms with van der Waals surface area (Å²) in [5, 5.41) is 7.74. The fourth-order valence-electron chi connectivity index (χ4n) is 4.32. The van der Waals surface area contributed by atoms with Gasteiger partial charge in [0.2, 0.25) is 5.91 Å². The number of amides is 1. The Bertz CT molecular complexity index is 1470. The molecule has 0 bridgehead atoms. The Labute approximate surface area is 238 Å². The molecule has 39 heavy (non-hydrogen) atoms. The molecule has 2 aromatic heterocycles. The third-order valence-electron chi connectivity index (χ3n) is 6.35. The van der Waals surface area contributed by atoms with Gasteiger partial charge in [0.05, 0.1) is 24.5 Å². The summed E-state index contributed by atoms with van der Waals surface area (Å²) < 4.78 is 12.1. The number of hydrogen-bond acceptors (Lipinski definition) is 6. The van der Waals surface area contributed by atoms with Crippen molar-refractivity contribution in [3.8, 4) is 5.75 Å². The van der Waals surface area contributed by atoms with Crippen LogP contribution in [0, 0.1) is 5.41 Å². The number of furan rings is 1. The van der Waals surface area contributed by atoms with E-state index in [1.165, 1.54) is 0 Å². The van der Waals surface area contributed by atoms with Crippen molar-refractivity contribution >= 4 is 46.4 Å². The number of aromatic nitrogens is 1. The molecular formula is C30H30N4O3S2. The first kappa shape index (κ1) is 26.8. The maximum atomic E-state index is 12.6. The molecule has 0 saturated carbocycles. The minimum Gasteiger partial charge on any atom is -0.494 e. The predicted molar refractivity (Wildman–Crippen MR) is 158 cm³/mol. The number of nitrogens with one attached hydrogen (secondary N) is 2. The molecule has 7 nitrogen and oxygen atoms in total. The van der Waals surface area contributed by atoms with Gasteiger partial charge in [-0.15, -0.1) is 0 Å². The first-order valence-electron chi connectivity index (χ1n) is 12.6. The molecule has 2 atom stereocenters. The van der Waals surface area contributed by atoms with Crippen LogP contribution >= 0.6 is 24.0 Å². The van der Waals surface area contributed by atoms with Crippen LogP contribution in [-0.4, -0.2) is 23.1 Å². The Morgan fingerprint density at radius 2 is 1.85 bits per heavy atom. The predicted octanol–water partition coefficient (Wildman–Crippen LogP) is 7.00. The van der Waals surface area contributed by atoms with Crippen LogP contribution < -0.4 is 20.3 Å². The number of carbonyl (C=O) groups excluding carboxylic acids is 1. The molecule has 4 aromatic rings. The molecular weight excluding hydrogens is 528 g/mol. The van der Waals surface area contributed by atoms with E-state index in [1.807, 2.05) is 105 Å². The third kappa shape index (κ3) is 5.79. The van der Waals surface area contributed by atoms with Crippen molar-refractivity contribution in [3.05, 3.63) is 96.5 Å². The average Bonchev–Trinajstić information content (AvgIpc) is 3.53. The number of pyridine rings is 1. The van der Waals surface area contributed by atoms with E-state index < -0.39 is 5.41 Å². The molecule has 0 aliphatic carbocycles. The van der Waals surface area contributed by atoms with Crippen LogP contribution in [0.1, 0.15) is 44.3 Å². The van der Waals surface area contributed by atoms with E-state index in [4.69, 9.17) is 21.4 Å². The summed E-state index contributed by atoms with van der Waals surface area (Å²) in [7, 11) is 1.58.